The Kier molecular flexibility index (Phi) is 5.27. The summed E-state index contributed by atoms with van der Waals surface area (Å²) in [7, 11) is 0. The fraction of sp³-hybridized carbons (Fsp3) is 0.227. The lowest BCUT2D eigenvalue weighted by molar-refractivity contribution is -0.146. The Balaban J connectivity index is 1.95. The van der Waals surface area contributed by atoms with Gasteiger partial charge >= 0.3 is 5.97 Å². The van der Waals surface area contributed by atoms with Gasteiger partial charge < -0.3 is 10.1 Å². The summed E-state index contributed by atoms with van der Waals surface area (Å²) in [5.74, 6) is -2.14. The van der Waals surface area contributed by atoms with Crippen LogP contribution < -0.4 is 0 Å². The van der Waals surface area contributed by atoms with E-state index in [1.54, 1.807) is 39.4 Å². The SMILES string of the molecule is CC(c1nn(C(C)(C)C(=O)O)cc1-c1cnc2[nH]ccc2c1)c1c(Cl)ccc(F)c1Cl. The maximum Gasteiger partial charge on any atom is 0.331 e. The molecule has 0 aliphatic carbocycles. The lowest BCUT2D eigenvalue weighted by Gasteiger charge is -2.20. The Bertz CT molecular complexity index is 1310. The van der Waals surface area contributed by atoms with Crippen molar-refractivity contribution in [1.82, 2.24) is 19.7 Å². The number of aromatic nitrogens is 4. The molecular formula is C22H19Cl2FN4O2. The summed E-state index contributed by atoms with van der Waals surface area (Å²) in [6, 6.07) is 6.47. The highest BCUT2D eigenvalue weighted by molar-refractivity contribution is 6.36. The van der Waals surface area contributed by atoms with E-state index in [9.17, 15) is 14.3 Å². The number of pyridine rings is 1. The molecule has 0 aliphatic heterocycles. The number of carboxylic acid groups (broad SMARTS) is 1. The van der Waals surface area contributed by atoms with Crippen molar-refractivity contribution in [1.29, 1.82) is 0 Å². The monoisotopic (exact) mass is 460 g/mol. The number of hydrogen-bond donors (Lipinski definition) is 2. The van der Waals surface area contributed by atoms with Crippen molar-refractivity contribution in [2.75, 3.05) is 0 Å². The third-order valence-corrected chi connectivity index (χ3v) is 6.19. The molecule has 3 heterocycles. The highest BCUT2D eigenvalue weighted by Crippen LogP contribution is 2.40. The molecule has 6 nitrogen and oxygen atoms in total. The summed E-state index contributed by atoms with van der Waals surface area (Å²) < 4.78 is 15.6. The number of benzene rings is 1. The van der Waals surface area contributed by atoms with Gasteiger partial charge in [-0.2, -0.15) is 5.10 Å². The molecule has 4 aromatic rings. The predicted molar refractivity (Wildman–Crippen MR) is 118 cm³/mol. The summed E-state index contributed by atoms with van der Waals surface area (Å²) in [6.07, 6.45) is 5.13. The first kappa shape index (κ1) is 21.3. The van der Waals surface area contributed by atoms with Crippen LogP contribution in [0.4, 0.5) is 4.39 Å². The predicted octanol–water partition coefficient (Wildman–Crippen LogP) is 5.84. The second kappa shape index (κ2) is 7.66. The minimum absolute atomic E-state index is 0.0859. The first-order valence-corrected chi connectivity index (χ1v) is 10.3. The van der Waals surface area contributed by atoms with E-state index < -0.39 is 23.2 Å². The molecule has 0 saturated heterocycles. The van der Waals surface area contributed by atoms with Crippen molar-refractivity contribution >= 4 is 40.2 Å². The lowest BCUT2D eigenvalue weighted by Crippen LogP contribution is -2.36. The summed E-state index contributed by atoms with van der Waals surface area (Å²) in [4.78, 5) is 19.3. The number of hydrogen-bond acceptors (Lipinski definition) is 3. The Labute approximate surface area is 187 Å². The molecule has 4 rings (SSSR count). The van der Waals surface area contributed by atoms with Gasteiger partial charge in [0.2, 0.25) is 0 Å². The van der Waals surface area contributed by atoms with Crippen molar-refractivity contribution in [2.45, 2.75) is 32.2 Å². The molecule has 0 amide bonds. The lowest BCUT2D eigenvalue weighted by atomic mass is 9.93. The van der Waals surface area contributed by atoms with E-state index in [-0.39, 0.29) is 5.02 Å². The molecule has 0 radical (unpaired) electrons. The number of carbonyl (C=O) groups is 1. The summed E-state index contributed by atoms with van der Waals surface area (Å²) in [6.45, 7) is 4.91. The Hall–Kier alpha value is -2.90. The van der Waals surface area contributed by atoms with Gasteiger partial charge in [-0.25, -0.2) is 14.2 Å². The topological polar surface area (TPSA) is 83.8 Å². The highest BCUT2D eigenvalue weighted by atomic mass is 35.5. The molecule has 1 aromatic carbocycles. The summed E-state index contributed by atoms with van der Waals surface area (Å²) >= 11 is 12.6. The van der Waals surface area contributed by atoms with Crippen LogP contribution in [0.15, 0.2) is 42.9 Å². The quantitative estimate of drug-likeness (QED) is 0.366. The van der Waals surface area contributed by atoms with Gasteiger partial charge in [-0.1, -0.05) is 30.1 Å². The number of fused-ring (bicyclic) bond motifs is 1. The molecule has 0 spiro atoms. The van der Waals surface area contributed by atoms with Gasteiger partial charge in [0, 0.05) is 51.6 Å². The van der Waals surface area contributed by atoms with E-state index in [0.29, 0.717) is 21.8 Å². The van der Waals surface area contributed by atoms with Gasteiger partial charge in [0.1, 0.15) is 11.5 Å². The molecule has 1 atom stereocenters. The Morgan fingerprint density at radius 2 is 2.03 bits per heavy atom. The molecule has 0 bridgehead atoms. The Morgan fingerprint density at radius 3 is 2.74 bits per heavy atom. The molecule has 9 heteroatoms. The van der Waals surface area contributed by atoms with E-state index >= 15 is 0 Å². The maximum absolute atomic E-state index is 14.2. The molecule has 3 aromatic heterocycles. The second-order valence-electron chi connectivity index (χ2n) is 7.85. The van der Waals surface area contributed by atoms with E-state index in [1.165, 1.54) is 16.8 Å². The van der Waals surface area contributed by atoms with E-state index in [4.69, 9.17) is 23.2 Å². The average molecular weight is 461 g/mol. The zero-order valence-corrected chi connectivity index (χ0v) is 18.5. The molecule has 160 valence electrons. The van der Waals surface area contributed by atoms with Crippen molar-refractivity contribution in [2.24, 2.45) is 0 Å². The van der Waals surface area contributed by atoms with Gasteiger partial charge in [-0.15, -0.1) is 0 Å². The maximum atomic E-state index is 14.2. The van der Waals surface area contributed by atoms with Gasteiger partial charge in [0.15, 0.2) is 5.54 Å². The highest BCUT2D eigenvalue weighted by Gasteiger charge is 2.33. The van der Waals surface area contributed by atoms with Crippen LogP contribution in [0.1, 0.15) is 37.9 Å². The average Bonchev–Trinajstić information content (AvgIpc) is 3.37. The number of nitrogens with zero attached hydrogens (tertiary/aromatic N) is 3. The van der Waals surface area contributed by atoms with Crippen molar-refractivity contribution in [3.05, 3.63) is 70.0 Å². The number of nitrogens with one attached hydrogen (secondary N) is 1. The van der Waals surface area contributed by atoms with E-state index in [1.807, 2.05) is 12.1 Å². The molecule has 1 unspecified atom stereocenters. The van der Waals surface area contributed by atoms with Crippen LogP contribution in [0, 0.1) is 5.82 Å². The van der Waals surface area contributed by atoms with Crippen LogP contribution in [0.2, 0.25) is 10.0 Å². The first-order valence-electron chi connectivity index (χ1n) is 9.51. The smallest absolute Gasteiger partial charge is 0.331 e. The standard InChI is InChI=1S/C22H19Cl2FN4O2/c1-11(17-15(23)4-5-16(25)18(17)24)19-14(10-29(28-19)22(2,3)21(30)31)13-8-12-6-7-26-20(12)27-9-13/h4-11H,1-3H3,(H,26,27)(H,30,31). The number of aliphatic carboxylic acids is 1. The van der Waals surface area contributed by atoms with Crippen LogP contribution in [-0.4, -0.2) is 30.8 Å². The van der Waals surface area contributed by atoms with E-state index in [2.05, 4.69) is 15.1 Å². The fourth-order valence-electron chi connectivity index (χ4n) is 3.48. The molecule has 31 heavy (non-hydrogen) atoms. The minimum Gasteiger partial charge on any atom is -0.479 e. The zero-order valence-electron chi connectivity index (χ0n) is 16.9. The summed E-state index contributed by atoms with van der Waals surface area (Å²) in [5.41, 5.74) is 1.72. The molecule has 0 saturated carbocycles. The van der Waals surface area contributed by atoms with Gasteiger partial charge in [-0.05, 0) is 38.1 Å². The van der Waals surface area contributed by atoms with Gasteiger partial charge in [0.05, 0.1) is 10.7 Å². The molecular weight excluding hydrogens is 442 g/mol. The van der Waals surface area contributed by atoms with Crippen LogP contribution in [-0.2, 0) is 10.3 Å². The molecule has 0 fully saturated rings. The van der Waals surface area contributed by atoms with Crippen LogP contribution in [0.25, 0.3) is 22.2 Å². The number of aromatic amines is 1. The first-order chi connectivity index (χ1) is 14.6. The zero-order chi connectivity index (χ0) is 22.5. The van der Waals surface area contributed by atoms with Crippen molar-refractivity contribution in [3.63, 3.8) is 0 Å². The van der Waals surface area contributed by atoms with E-state index in [0.717, 1.165) is 16.6 Å². The Morgan fingerprint density at radius 1 is 1.29 bits per heavy atom. The second-order valence-corrected chi connectivity index (χ2v) is 8.64. The molecule has 2 N–H and O–H groups in total. The fourth-order valence-corrected chi connectivity index (χ4v) is 4.18. The third kappa shape index (κ3) is 3.58. The largest absolute Gasteiger partial charge is 0.479 e. The number of carboxylic acids is 1. The van der Waals surface area contributed by atoms with Crippen molar-refractivity contribution < 1.29 is 14.3 Å². The molecule has 0 aliphatic rings. The van der Waals surface area contributed by atoms with Gasteiger partial charge in [0.25, 0.3) is 0 Å². The van der Waals surface area contributed by atoms with Crippen LogP contribution >= 0.6 is 23.2 Å². The third-order valence-electron chi connectivity index (χ3n) is 5.47. The van der Waals surface area contributed by atoms with Crippen LogP contribution in [0.5, 0.6) is 0 Å². The van der Waals surface area contributed by atoms with Crippen LogP contribution in [0.3, 0.4) is 0 Å². The number of halogens is 3. The minimum atomic E-state index is -1.31. The number of H-pyrrole nitrogens is 1. The number of rotatable bonds is 5. The van der Waals surface area contributed by atoms with Crippen molar-refractivity contribution in [3.8, 4) is 11.1 Å². The summed E-state index contributed by atoms with van der Waals surface area (Å²) in [5, 5.41) is 15.4. The van der Waals surface area contributed by atoms with Gasteiger partial charge in [-0.3, -0.25) is 4.68 Å². The normalized spacial score (nSPS) is 13.0.